The van der Waals surface area contributed by atoms with Crippen molar-refractivity contribution < 1.29 is 9.63 Å². The van der Waals surface area contributed by atoms with E-state index in [4.69, 9.17) is 15.4 Å². The zero-order valence-electron chi connectivity index (χ0n) is 8.40. The van der Waals surface area contributed by atoms with Crippen LogP contribution < -0.4 is 5.73 Å². The second kappa shape index (κ2) is 3.65. The van der Waals surface area contributed by atoms with E-state index in [0.29, 0.717) is 11.6 Å². The van der Waals surface area contributed by atoms with Gasteiger partial charge in [-0.05, 0) is 30.7 Å². The SMILES string of the molecule is CCc1c(N)noc1-c1ccc(O)cc1. The lowest BCUT2D eigenvalue weighted by molar-refractivity contribution is 0.435. The molecule has 0 radical (unpaired) electrons. The maximum Gasteiger partial charge on any atom is 0.172 e. The third-order valence-electron chi connectivity index (χ3n) is 2.30. The molecule has 0 saturated carbocycles. The predicted molar refractivity (Wildman–Crippen MR) is 57.4 cm³/mol. The number of benzene rings is 1. The van der Waals surface area contributed by atoms with Gasteiger partial charge >= 0.3 is 0 Å². The maximum absolute atomic E-state index is 9.16. The van der Waals surface area contributed by atoms with E-state index in [2.05, 4.69) is 5.16 Å². The van der Waals surface area contributed by atoms with Crippen LogP contribution in [0, 0.1) is 0 Å². The highest BCUT2D eigenvalue weighted by molar-refractivity contribution is 5.66. The summed E-state index contributed by atoms with van der Waals surface area (Å²) in [6, 6.07) is 6.75. The highest BCUT2D eigenvalue weighted by atomic mass is 16.5. The Morgan fingerprint density at radius 2 is 2.00 bits per heavy atom. The molecular weight excluding hydrogens is 192 g/mol. The smallest absolute Gasteiger partial charge is 0.172 e. The first-order chi connectivity index (χ1) is 7.22. The molecule has 1 aromatic heterocycles. The molecule has 78 valence electrons. The lowest BCUT2D eigenvalue weighted by Gasteiger charge is -1.99. The van der Waals surface area contributed by atoms with Crippen LogP contribution in [-0.2, 0) is 6.42 Å². The van der Waals surface area contributed by atoms with E-state index in [9.17, 15) is 0 Å². The van der Waals surface area contributed by atoms with Crippen LogP contribution >= 0.6 is 0 Å². The molecule has 0 saturated heterocycles. The van der Waals surface area contributed by atoms with Crippen molar-refractivity contribution in [3.8, 4) is 17.1 Å². The van der Waals surface area contributed by atoms with Gasteiger partial charge in [0, 0.05) is 11.1 Å². The van der Waals surface area contributed by atoms with Crippen LogP contribution in [0.5, 0.6) is 5.75 Å². The average molecular weight is 204 g/mol. The van der Waals surface area contributed by atoms with Crippen LogP contribution in [0.25, 0.3) is 11.3 Å². The normalized spacial score (nSPS) is 10.5. The fourth-order valence-electron chi connectivity index (χ4n) is 1.50. The summed E-state index contributed by atoms with van der Waals surface area (Å²) in [5.74, 6) is 1.33. The van der Waals surface area contributed by atoms with Crippen molar-refractivity contribution in [1.82, 2.24) is 5.16 Å². The van der Waals surface area contributed by atoms with Gasteiger partial charge in [0.15, 0.2) is 11.6 Å². The van der Waals surface area contributed by atoms with Gasteiger partial charge < -0.3 is 15.4 Å². The number of nitrogens with two attached hydrogens (primary N) is 1. The van der Waals surface area contributed by atoms with Crippen LogP contribution in [0.2, 0.25) is 0 Å². The lowest BCUT2D eigenvalue weighted by atomic mass is 10.1. The number of hydrogen-bond donors (Lipinski definition) is 2. The lowest BCUT2D eigenvalue weighted by Crippen LogP contribution is -1.90. The molecule has 4 nitrogen and oxygen atoms in total. The third-order valence-corrected chi connectivity index (χ3v) is 2.30. The minimum Gasteiger partial charge on any atom is -0.508 e. The molecule has 15 heavy (non-hydrogen) atoms. The quantitative estimate of drug-likeness (QED) is 0.786. The molecular formula is C11H12N2O2. The van der Waals surface area contributed by atoms with Gasteiger partial charge in [-0.3, -0.25) is 0 Å². The molecule has 0 atom stereocenters. The first-order valence-corrected chi connectivity index (χ1v) is 4.75. The summed E-state index contributed by atoms with van der Waals surface area (Å²) in [6.07, 6.45) is 0.769. The molecule has 4 heteroatoms. The van der Waals surface area contributed by atoms with Crippen molar-refractivity contribution in [3.05, 3.63) is 29.8 Å². The Hall–Kier alpha value is -1.97. The Bertz CT molecular complexity index is 460. The number of anilines is 1. The number of rotatable bonds is 2. The number of phenols is 1. The van der Waals surface area contributed by atoms with Crippen molar-refractivity contribution in [2.45, 2.75) is 13.3 Å². The summed E-state index contributed by atoms with van der Waals surface area (Å²) >= 11 is 0. The Kier molecular flexibility index (Phi) is 2.33. The fraction of sp³-hybridized carbons (Fsp3) is 0.182. The van der Waals surface area contributed by atoms with Gasteiger partial charge in [-0.2, -0.15) is 0 Å². The van der Waals surface area contributed by atoms with E-state index in [1.54, 1.807) is 24.3 Å². The van der Waals surface area contributed by atoms with E-state index in [1.807, 2.05) is 6.92 Å². The molecule has 2 rings (SSSR count). The molecule has 0 aliphatic heterocycles. The van der Waals surface area contributed by atoms with Gasteiger partial charge in [-0.1, -0.05) is 12.1 Å². The van der Waals surface area contributed by atoms with Crippen molar-refractivity contribution in [1.29, 1.82) is 0 Å². The first kappa shape index (κ1) is 9.58. The number of nitrogens with zero attached hydrogens (tertiary/aromatic N) is 1. The standard InChI is InChI=1S/C11H12N2O2/c1-2-9-10(15-13-11(9)12)7-3-5-8(14)6-4-7/h3-6,14H,2H2,1H3,(H2,12,13). The van der Waals surface area contributed by atoms with Crippen molar-refractivity contribution in [2.75, 3.05) is 5.73 Å². The minimum atomic E-state index is 0.226. The van der Waals surface area contributed by atoms with E-state index in [1.165, 1.54) is 0 Å². The molecule has 0 unspecified atom stereocenters. The summed E-state index contributed by atoms with van der Waals surface area (Å²) < 4.78 is 5.16. The number of phenolic OH excluding ortho intramolecular Hbond substituents is 1. The number of hydrogen-bond acceptors (Lipinski definition) is 4. The van der Waals surface area contributed by atoms with Crippen LogP contribution in [0.4, 0.5) is 5.82 Å². The van der Waals surface area contributed by atoms with Crippen molar-refractivity contribution in [2.24, 2.45) is 0 Å². The second-order valence-electron chi connectivity index (χ2n) is 3.28. The average Bonchev–Trinajstić information content (AvgIpc) is 2.61. The number of aromatic hydroxyl groups is 1. The Morgan fingerprint density at radius 1 is 1.33 bits per heavy atom. The van der Waals surface area contributed by atoms with Gasteiger partial charge in [0.1, 0.15) is 5.75 Å². The van der Waals surface area contributed by atoms with E-state index < -0.39 is 0 Å². The van der Waals surface area contributed by atoms with Crippen LogP contribution in [0.1, 0.15) is 12.5 Å². The first-order valence-electron chi connectivity index (χ1n) is 4.75. The predicted octanol–water partition coefficient (Wildman–Crippen LogP) is 2.19. The Balaban J connectivity index is 2.49. The third kappa shape index (κ3) is 1.66. The molecule has 1 heterocycles. The summed E-state index contributed by atoms with van der Waals surface area (Å²) in [7, 11) is 0. The highest BCUT2D eigenvalue weighted by Crippen LogP contribution is 2.28. The van der Waals surface area contributed by atoms with Gasteiger partial charge in [-0.15, -0.1) is 0 Å². The number of aromatic nitrogens is 1. The summed E-state index contributed by atoms with van der Waals surface area (Å²) in [4.78, 5) is 0. The number of nitrogen functional groups attached to an aromatic ring is 1. The molecule has 0 bridgehead atoms. The van der Waals surface area contributed by atoms with Crippen molar-refractivity contribution >= 4 is 5.82 Å². The van der Waals surface area contributed by atoms with Crippen LogP contribution in [-0.4, -0.2) is 10.3 Å². The zero-order valence-corrected chi connectivity index (χ0v) is 8.40. The Morgan fingerprint density at radius 3 is 2.60 bits per heavy atom. The minimum absolute atomic E-state index is 0.226. The van der Waals surface area contributed by atoms with E-state index in [-0.39, 0.29) is 5.75 Å². The molecule has 0 fully saturated rings. The molecule has 0 aliphatic rings. The summed E-state index contributed by atoms with van der Waals surface area (Å²) in [5, 5.41) is 12.9. The van der Waals surface area contributed by atoms with E-state index in [0.717, 1.165) is 17.5 Å². The largest absolute Gasteiger partial charge is 0.508 e. The topological polar surface area (TPSA) is 72.3 Å². The molecule has 0 aliphatic carbocycles. The van der Waals surface area contributed by atoms with Gasteiger partial charge in [0.25, 0.3) is 0 Å². The molecule has 3 N–H and O–H groups in total. The van der Waals surface area contributed by atoms with E-state index >= 15 is 0 Å². The molecule has 0 spiro atoms. The maximum atomic E-state index is 9.16. The summed E-state index contributed by atoms with van der Waals surface area (Å²) in [5.41, 5.74) is 7.44. The Labute approximate surface area is 87.3 Å². The van der Waals surface area contributed by atoms with Gasteiger partial charge in [0.05, 0.1) is 0 Å². The second-order valence-corrected chi connectivity index (χ2v) is 3.28. The van der Waals surface area contributed by atoms with Gasteiger partial charge in [0.2, 0.25) is 0 Å². The molecule has 2 aromatic rings. The summed E-state index contributed by atoms with van der Waals surface area (Å²) in [6.45, 7) is 1.99. The zero-order chi connectivity index (χ0) is 10.8. The monoisotopic (exact) mass is 204 g/mol. The van der Waals surface area contributed by atoms with Crippen LogP contribution in [0.15, 0.2) is 28.8 Å². The van der Waals surface area contributed by atoms with Gasteiger partial charge in [-0.25, -0.2) is 0 Å². The fourth-order valence-corrected chi connectivity index (χ4v) is 1.50. The highest BCUT2D eigenvalue weighted by Gasteiger charge is 2.13. The molecule has 0 amide bonds. The van der Waals surface area contributed by atoms with Crippen LogP contribution in [0.3, 0.4) is 0 Å². The van der Waals surface area contributed by atoms with Crippen molar-refractivity contribution in [3.63, 3.8) is 0 Å². The molecule has 1 aromatic carbocycles.